The predicted octanol–water partition coefficient (Wildman–Crippen LogP) is 2.87. The van der Waals surface area contributed by atoms with Crippen molar-refractivity contribution in [3.63, 3.8) is 0 Å². The molecule has 2 aromatic carbocycles. The van der Waals surface area contributed by atoms with E-state index >= 15 is 0 Å². The average molecular weight is 320 g/mol. The molecule has 0 aliphatic heterocycles. The van der Waals surface area contributed by atoms with Crippen LogP contribution in [0.2, 0.25) is 0 Å². The summed E-state index contributed by atoms with van der Waals surface area (Å²) in [5.74, 6) is -0.131. The lowest BCUT2D eigenvalue weighted by atomic mass is 10.2. The quantitative estimate of drug-likeness (QED) is 0.786. The summed E-state index contributed by atoms with van der Waals surface area (Å²) in [5, 5.41) is 7.17. The predicted molar refractivity (Wildman–Crippen MR) is 95.5 cm³/mol. The normalized spacial score (nSPS) is 10.4. The van der Waals surface area contributed by atoms with Crippen molar-refractivity contribution in [1.82, 2.24) is 15.1 Å². The van der Waals surface area contributed by atoms with Gasteiger partial charge in [-0.1, -0.05) is 30.3 Å². The molecule has 0 unspecified atom stereocenters. The summed E-state index contributed by atoms with van der Waals surface area (Å²) in [4.78, 5) is 14.3. The van der Waals surface area contributed by atoms with Gasteiger partial charge >= 0.3 is 0 Å². The molecule has 1 amide bonds. The minimum absolute atomic E-state index is 0.131. The number of benzene rings is 2. The molecule has 122 valence electrons. The molecule has 1 heterocycles. The summed E-state index contributed by atoms with van der Waals surface area (Å²) in [6.07, 6.45) is 3.32. The van der Waals surface area contributed by atoms with Crippen molar-refractivity contribution in [2.24, 2.45) is 0 Å². The minimum Gasteiger partial charge on any atom is -0.378 e. The molecule has 0 aliphatic rings. The van der Waals surface area contributed by atoms with E-state index in [2.05, 4.69) is 10.4 Å². The van der Waals surface area contributed by atoms with Gasteiger partial charge in [-0.3, -0.25) is 4.79 Å². The van der Waals surface area contributed by atoms with Crippen molar-refractivity contribution < 1.29 is 4.79 Å². The second-order valence-corrected chi connectivity index (χ2v) is 5.75. The number of rotatable bonds is 5. The van der Waals surface area contributed by atoms with Gasteiger partial charge in [0.2, 0.25) is 0 Å². The van der Waals surface area contributed by atoms with Crippen LogP contribution in [0.1, 0.15) is 15.9 Å². The Morgan fingerprint density at radius 3 is 2.46 bits per heavy atom. The van der Waals surface area contributed by atoms with Crippen LogP contribution in [0, 0.1) is 0 Å². The van der Waals surface area contributed by atoms with Crippen LogP contribution in [0.3, 0.4) is 0 Å². The summed E-state index contributed by atoms with van der Waals surface area (Å²) < 4.78 is 1.70. The zero-order chi connectivity index (χ0) is 16.9. The molecule has 0 bridgehead atoms. The molecule has 5 heteroatoms. The highest BCUT2D eigenvalue weighted by Crippen LogP contribution is 2.12. The van der Waals surface area contributed by atoms with Crippen molar-refractivity contribution in [3.8, 4) is 5.69 Å². The van der Waals surface area contributed by atoms with Crippen LogP contribution in [0.15, 0.2) is 67.0 Å². The number of nitrogens with zero attached hydrogens (tertiary/aromatic N) is 3. The summed E-state index contributed by atoms with van der Waals surface area (Å²) in [5.41, 5.74) is 3.67. The Balaban J connectivity index is 1.62. The average Bonchev–Trinajstić information content (AvgIpc) is 3.11. The number of anilines is 1. The van der Waals surface area contributed by atoms with E-state index in [4.69, 9.17) is 0 Å². The maximum Gasteiger partial charge on any atom is 0.254 e. The summed E-state index contributed by atoms with van der Waals surface area (Å²) in [6.45, 7) is 0.489. The number of nitrogens with one attached hydrogen (secondary N) is 1. The van der Waals surface area contributed by atoms with E-state index in [-0.39, 0.29) is 5.91 Å². The van der Waals surface area contributed by atoms with Crippen LogP contribution in [0.25, 0.3) is 5.69 Å². The van der Waals surface area contributed by atoms with Crippen LogP contribution >= 0.6 is 0 Å². The highest BCUT2D eigenvalue weighted by Gasteiger charge is 2.09. The number of para-hydroxylation sites is 1. The number of carbonyl (C=O) groups is 1. The number of carbonyl (C=O) groups excluding carboxylic acids is 1. The molecule has 3 rings (SSSR count). The fourth-order valence-electron chi connectivity index (χ4n) is 2.36. The highest BCUT2D eigenvalue weighted by molar-refractivity contribution is 5.93. The third-order valence-corrected chi connectivity index (χ3v) is 3.77. The molecule has 5 nitrogen and oxygen atoms in total. The van der Waals surface area contributed by atoms with Crippen LogP contribution in [0.5, 0.6) is 0 Å². The van der Waals surface area contributed by atoms with Gasteiger partial charge in [-0.15, -0.1) is 0 Å². The van der Waals surface area contributed by atoms with Gasteiger partial charge in [0.25, 0.3) is 5.91 Å². The number of hydrogen-bond donors (Lipinski definition) is 1. The summed E-state index contributed by atoms with van der Waals surface area (Å²) in [7, 11) is 4.00. The van der Waals surface area contributed by atoms with E-state index in [0.29, 0.717) is 12.1 Å². The molecule has 0 spiro atoms. The van der Waals surface area contributed by atoms with Crippen molar-refractivity contribution in [1.29, 1.82) is 0 Å². The molecule has 24 heavy (non-hydrogen) atoms. The van der Waals surface area contributed by atoms with Crippen LogP contribution in [-0.2, 0) is 6.54 Å². The van der Waals surface area contributed by atoms with E-state index < -0.39 is 0 Å². The zero-order valence-corrected chi connectivity index (χ0v) is 13.8. The Bertz CT molecular complexity index is 807. The summed E-state index contributed by atoms with van der Waals surface area (Å²) in [6, 6.07) is 17.8. The Kier molecular flexibility index (Phi) is 4.61. The number of hydrogen-bond acceptors (Lipinski definition) is 3. The van der Waals surface area contributed by atoms with E-state index in [0.717, 1.165) is 16.9 Å². The summed E-state index contributed by atoms with van der Waals surface area (Å²) >= 11 is 0. The first-order valence-electron chi connectivity index (χ1n) is 7.78. The van der Waals surface area contributed by atoms with Gasteiger partial charge in [-0.2, -0.15) is 5.10 Å². The minimum atomic E-state index is -0.131. The third kappa shape index (κ3) is 3.63. The molecule has 0 saturated carbocycles. The van der Waals surface area contributed by atoms with E-state index in [1.165, 1.54) is 0 Å². The van der Waals surface area contributed by atoms with Gasteiger partial charge in [0.05, 0.1) is 17.4 Å². The van der Waals surface area contributed by atoms with Crippen LogP contribution < -0.4 is 10.2 Å². The SMILES string of the molecule is CN(C)c1ccc(CNC(=O)c2cnn(-c3ccccc3)c2)cc1. The van der Waals surface area contributed by atoms with Gasteiger partial charge in [0.1, 0.15) is 0 Å². The zero-order valence-electron chi connectivity index (χ0n) is 13.8. The van der Waals surface area contributed by atoms with Gasteiger partial charge in [-0.05, 0) is 29.8 Å². The Morgan fingerprint density at radius 2 is 1.79 bits per heavy atom. The topological polar surface area (TPSA) is 50.2 Å². The molecule has 0 fully saturated rings. The Morgan fingerprint density at radius 1 is 1.08 bits per heavy atom. The smallest absolute Gasteiger partial charge is 0.254 e. The lowest BCUT2D eigenvalue weighted by Gasteiger charge is -2.12. The molecular formula is C19H20N4O. The first-order chi connectivity index (χ1) is 11.6. The highest BCUT2D eigenvalue weighted by atomic mass is 16.1. The molecule has 1 aromatic heterocycles. The van der Waals surface area contributed by atoms with Crippen molar-refractivity contribution >= 4 is 11.6 Å². The van der Waals surface area contributed by atoms with Crippen LogP contribution in [0.4, 0.5) is 5.69 Å². The lowest BCUT2D eigenvalue weighted by molar-refractivity contribution is 0.0951. The lowest BCUT2D eigenvalue weighted by Crippen LogP contribution is -2.22. The van der Waals surface area contributed by atoms with Gasteiger partial charge in [-0.25, -0.2) is 4.68 Å². The second kappa shape index (κ2) is 7.00. The molecule has 3 aromatic rings. The largest absolute Gasteiger partial charge is 0.378 e. The maximum atomic E-state index is 12.3. The fraction of sp³-hybridized carbons (Fsp3) is 0.158. The molecule has 0 radical (unpaired) electrons. The molecule has 0 saturated heterocycles. The first kappa shape index (κ1) is 15.8. The number of aromatic nitrogens is 2. The second-order valence-electron chi connectivity index (χ2n) is 5.75. The Labute approximate surface area is 141 Å². The number of amides is 1. The van der Waals surface area contributed by atoms with E-state index in [1.54, 1.807) is 17.1 Å². The van der Waals surface area contributed by atoms with Crippen molar-refractivity contribution in [3.05, 3.63) is 78.1 Å². The van der Waals surface area contributed by atoms with E-state index in [1.807, 2.05) is 73.6 Å². The third-order valence-electron chi connectivity index (χ3n) is 3.77. The molecule has 0 atom stereocenters. The fourth-order valence-corrected chi connectivity index (χ4v) is 2.36. The standard InChI is InChI=1S/C19H20N4O/c1-22(2)17-10-8-15(9-11-17)12-20-19(24)16-13-21-23(14-16)18-6-4-3-5-7-18/h3-11,13-14H,12H2,1-2H3,(H,20,24). The van der Waals surface area contributed by atoms with Crippen molar-refractivity contribution in [2.45, 2.75) is 6.54 Å². The van der Waals surface area contributed by atoms with Gasteiger partial charge < -0.3 is 10.2 Å². The maximum absolute atomic E-state index is 12.3. The van der Waals surface area contributed by atoms with Gasteiger partial charge in [0, 0.05) is 32.5 Å². The van der Waals surface area contributed by atoms with Crippen LogP contribution in [-0.4, -0.2) is 29.8 Å². The molecule has 0 aliphatic carbocycles. The van der Waals surface area contributed by atoms with Gasteiger partial charge in [0.15, 0.2) is 0 Å². The van der Waals surface area contributed by atoms with E-state index in [9.17, 15) is 4.79 Å². The molecular weight excluding hydrogens is 300 g/mol. The van der Waals surface area contributed by atoms with Crippen molar-refractivity contribution in [2.75, 3.05) is 19.0 Å². The molecule has 1 N–H and O–H groups in total. The first-order valence-corrected chi connectivity index (χ1v) is 7.78. The Hall–Kier alpha value is -3.08. The monoisotopic (exact) mass is 320 g/mol.